The topological polar surface area (TPSA) is 70.0 Å². The molecule has 0 unspecified atom stereocenters. The van der Waals surface area contributed by atoms with E-state index in [1.54, 1.807) is 0 Å². The molecule has 0 aliphatic carbocycles. The Morgan fingerprint density at radius 1 is 1.38 bits per heavy atom. The van der Waals surface area contributed by atoms with Crippen LogP contribution < -0.4 is 0 Å². The number of ether oxygens (including phenoxy) is 1. The Morgan fingerprint density at radius 3 is 2.62 bits per heavy atom. The number of aliphatic hydroxyl groups is 1. The fraction of sp³-hybridized carbons (Fsp3) is 0.875. The zero-order valence-corrected chi connectivity index (χ0v) is 7.90. The number of carbonyl (C=O) groups is 1. The third-order valence-corrected chi connectivity index (χ3v) is 1.56. The number of nitrogens with zero attached hydrogens (tertiary/aromatic N) is 1. The van der Waals surface area contributed by atoms with Crippen LogP contribution in [0.4, 0.5) is 0 Å². The van der Waals surface area contributed by atoms with Crippen molar-refractivity contribution in [1.29, 1.82) is 0 Å². The molecule has 0 saturated carbocycles. The molecule has 0 saturated heterocycles. The van der Waals surface area contributed by atoms with Crippen LogP contribution in [0.5, 0.6) is 0 Å². The molecule has 0 aromatic heterocycles. The van der Waals surface area contributed by atoms with Gasteiger partial charge in [0.05, 0.1) is 26.2 Å². The molecule has 0 rings (SSSR count). The maximum absolute atomic E-state index is 10.2. The lowest BCUT2D eigenvalue weighted by atomic mass is 10.4. The minimum atomic E-state index is -0.789. The fourth-order valence-electron chi connectivity index (χ4n) is 0.785. The highest BCUT2D eigenvalue weighted by atomic mass is 16.5. The van der Waals surface area contributed by atoms with Gasteiger partial charge in [0, 0.05) is 13.1 Å². The number of rotatable bonds is 8. The average Bonchev–Trinajstić information content (AvgIpc) is 2.09. The molecule has 0 fully saturated rings. The van der Waals surface area contributed by atoms with E-state index in [-0.39, 0.29) is 13.0 Å². The molecule has 0 aromatic carbocycles. The second kappa shape index (κ2) is 7.97. The second-order valence-corrected chi connectivity index (χ2v) is 2.78. The number of hydrogen-bond acceptors (Lipinski definition) is 4. The molecule has 0 spiro atoms. The van der Waals surface area contributed by atoms with Crippen molar-refractivity contribution in [3.8, 4) is 0 Å². The summed E-state index contributed by atoms with van der Waals surface area (Å²) in [6.45, 7) is 2.10. The monoisotopic (exact) mass is 191 g/mol. The van der Waals surface area contributed by atoms with Gasteiger partial charge in [-0.2, -0.15) is 0 Å². The van der Waals surface area contributed by atoms with Crippen molar-refractivity contribution in [2.45, 2.75) is 6.42 Å². The van der Waals surface area contributed by atoms with Gasteiger partial charge in [0.2, 0.25) is 0 Å². The molecular weight excluding hydrogens is 174 g/mol. The molecule has 2 N–H and O–H groups in total. The molecule has 0 radical (unpaired) electrons. The summed E-state index contributed by atoms with van der Waals surface area (Å²) in [6.07, 6.45) is 0.149. The van der Waals surface area contributed by atoms with Crippen LogP contribution in [0.25, 0.3) is 0 Å². The van der Waals surface area contributed by atoms with Crippen molar-refractivity contribution >= 4 is 5.97 Å². The van der Waals surface area contributed by atoms with E-state index in [9.17, 15) is 4.79 Å². The molecule has 0 aliphatic heterocycles. The first-order chi connectivity index (χ1) is 6.16. The van der Waals surface area contributed by atoms with Gasteiger partial charge in [0.1, 0.15) is 0 Å². The van der Waals surface area contributed by atoms with Gasteiger partial charge in [0.15, 0.2) is 0 Å². The van der Waals surface area contributed by atoms with Gasteiger partial charge in [-0.25, -0.2) is 0 Å². The highest BCUT2D eigenvalue weighted by Gasteiger charge is 2.01. The van der Waals surface area contributed by atoms with Crippen molar-refractivity contribution < 1.29 is 19.7 Å². The minimum absolute atomic E-state index is 0.0266. The van der Waals surface area contributed by atoms with Crippen molar-refractivity contribution in [3.05, 3.63) is 0 Å². The molecule has 13 heavy (non-hydrogen) atoms. The lowest BCUT2D eigenvalue weighted by molar-refractivity contribution is -0.137. The summed E-state index contributed by atoms with van der Waals surface area (Å²) in [5.41, 5.74) is 0. The molecule has 0 bridgehead atoms. The highest BCUT2D eigenvalue weighted by molar-refractivity contribution is 5.66. The van der Waals surface area contributed by atoms with Gasteiger partial charge < -0.3 is 19.8 Å². The maximum atomic E-state index is 10.2. The minimum Gasteiger partial charge on any atom is -0.481 e. The van der Waals surface area contributed by atoms with Gasteiger partial charge in [-0.05, 0) is 7.05 Å². The van der Waals surface area contributed by atoms with E-state index >= 15 is 0 Å². The molecule has 0 atom stereocenters. The first kappa shape index (κ1) is 12.3. The Labute approximate surface area is 77.9 Å². The van der Waals surface area contributed by atoms with Crippen LogP contribution in [0.3, 0.4) is 0 Å². The van der Waals surface area contributed by atoms with Crippen LogP contribution in [0.15, 0.2) is 0 Å². The standard InChI is InChI=1S/C8H17NO4/c1-9(3-2-8(11)12)4-6-13-7-5-10/h10H,2-7H2,1H3,(H,11,12). The van der Waals surface area contributed by atoms with E-state index in [1.165, 1.54) is 0 Å². The van der Waals surface area contributed by atoms with Gasteiger partial charge in [-0.3, -0.25) is 4.79 Å². The molecule has 0 aliphatic rings. The average molecular weight is 191 g/mol. The summed E-state index contributed by atoms with van der Waals surface area (Å²) >= 11 is 0. The molecule has 5 heteroatoms. The molecule has 78 valence electrons. The number of carboxylic acid groups (broad SMARTS) is 1. The predicted molar refractivity (Wildman–Crippen MR) is 47.7 cm³/mol. The van der Waals surface area contributed by atoms with Gasteiger partial charge in [-0.15, -0.1) is 0 Å². The summed E-state index contributed by atoms with van der Waals surface area (Å²) in [5, 5.41) is 16.8. The quantitative estimate of drug-likeness (QED) is 0.501. The number of aliphatic hydroxyl groups excluding tert-OH is 1. The normalized spacial score (nSPS) is 10.7. The first-order valence-corrected chi connectivity index (χ1v) is 4.25. The molecule has 5 nitrogen and oxygen atoms in total. The third-order valence-electron chi connectivity index (χ3n) is 1.56. The van der Waals surface area contributed by atoms with E-state index in [4.69, 9.17) is 14.9 Å². The summed E-state index contributed by atoms with van der Waals surface area (Å²) in [7, 11) is 1.84. The summed E-state index contributed by atoms with van der Waals surface area (Å²) in [4.78, 5) is 12.1. The zero-order chi connectivity index (χ0) is 10.1. The van der Waals surface area contributed by atoms with Crippen LogP contribution in [-0.4, -0.2) is 61.0 Å². The van der Waals surface area contributed by atoms with Crippen molar-refractivity contribution in [3.63, 3.8) is 0 Å². The molecule has 0 aromatic rings. The second-order valence-electron chi connectivity index (χ2n) is 2.78. The van der Waals surface area contributed by atoms with Crippen molar-refractivity contribution in [2.75, 3.05) is 40.0 Å². The van der Waals surface area contributed by atoms with Crippen LogP contribution >= 0.6 is 0 Å². The summed E-state index contributed by atoms with van der Waals surface area (Å²) in [5.74, 6) is -0.789. The summed E-state index contributed by atoms with van der Waals surface area (Å²) < 4.78 is 5.02. The summed E-state index contributed by atoms with van der Waals surface area (Å²) in [6, 6.07) is 0. The predicted octanol–water partition coefficient (Wildman–Crippen LogP) is -0.598. The number of carboxylic acids is 1. The Balaban J connectivity index is 3.19. The van der Waals surface area contributed by atoms with E-state index in [0.29, 0.717) is 26.3 Å². The smallest absolute Gasteiger partial charge is 0.304 e. The number of likely N-dealkylation sites (N-methyl/N-ethyl adjacent to an activating group) is 1. The maximum Gasteiger partial charge on any atom is 0.304 e. The van der Waals surface area contributed by atoms with Gasteiger partial charge in [-0.1, -0.05) is 0 Å². The van der Waals surface area contributed by atoms with Gasteiger partial charge >= 0.3 is 5.97 Å². The van der Waals surface area contributed by atoms with Gasteiger partial charge in [0.25, 0.3) is 0 Å². The lowest BCUT2D eigenvalue weighted by Crippen LogP contribution is -2.26. The Kier molecular flexibility index (Phi) is 7.57. The lowest BCUT2D eigenvalue weighted by Gasteiger charge is -2.14. The highest BCUT2D eigenvalue weighted by Crippen LogP contribution is 1.87. The number of aliphatic carboxylic acids is 1. The van der Waals surface area contributed by atoms with E-state index in [1.807, 2.05) is 11.9 Å². The number of hydrogen-bond donors (Lipinski definition) is 2. The zero-order valence-electron chi connectivity index (χ0n) is 7.90. The fourth-order valence-corrected chi connectivity index (χ4v) is 0.785. The Bertz CT molecular complexity index is 140. The van der Waals surface area contributed by atoms with E-state index < -0.39 is 5.97 Å². The van der Waals surface area contributed by atoms with Crippen molar-refractivity contribution in [1.82, 2.24) is 4.90 Å². The third kappa shape index (κ3) is 9.26. The van der Waals surface area contributed by atoms with Crippen LogP contribution in [0.2, 0.25) is 0 Å². The Morgan fingerprint density at radius 2 is 2.08 bits per heavy atom. The Hall–Kier alpha value is -0.650. The van der Waals surface area contributed by atoms with Crippen LogP contribution in [-0.2, 0) is 9.53 Å². The first-order valence-electron chi connectivity index (χ1n) is 4.25. The van der Waals surface area contributed by atoms with Crippen LogP contribution in [0, 0.1) is 0 Å². The van der Waals surface area contributed by atoms with E-state index in [2.05, 4.69) is 0 Å². The van der Waals surface area contributed by atoms with Crippen molar-refractivity contribution in [2.24, 2.45) is 0 Å². The van der Waals surface area contributed by atoms with E-state index in [0.717, 1.165) is 0 Å². The molecule has 0 heterocycles. The largest absolute Gasteiger partial charge is 0.481 e. The van der Waals surface area contributed by atoms with Crippen LogP contribution in [0.1, 0.15) is 6.42 Å². The molecule has 0 amide bonds. The SMILES string of the molecule is CN(CCOCCO)CCC(=O)O. The molecular formula is C8H17NO4.